The lowest BCUT2D eigenvalue weighted by Gasteiger charge is -2.10. The monoisotopic (exact) mass is 282 g/mol. The molecule has 0 unspecified atom stereocenters. The molecule has 0 amide bonds. The lowest BCUT2D eigenvalue weighted by atomic mass is 10.00. The van der Waals surface area contributed by atoms with Crippen molar-refractivity contribution in [3.8, 4) is 0 Å². The molecule has 0 bridgehead atoms. The maximum atomic E-state index is 12.2. The molecule has 2 aromatic rings. The van der Waals surface area contributed by atoms with Gasteiger partial charge < -0.3 is 4.74 Å². The van der Waals surface area contributed by atoms with Crippen LogP contribution in [-0.4, -0.2) is 18.4 Å². The lowest BCUT2D eigenvalue weighted by molar-refractivity contribution is 0.0473. The van der Waals surface area contributed by atoms with Crippen molar-refractivity contribution in [1.29, 1.82) is 0 Å². The number of Topliss-reactive ketones (excluding diaryl/α,β-unsaturated/α-hetero) is 1. The number of ether oxygens (including phenoxy) is 1. The van der Waals surface area contributed by atoms with Crippen LogP contribution in [0.5, 0.6) is 0 Å². The third kappa shape index (κ3) is 3.57. The molecule has 0 spiro atoms. The van der Waals surface area contributed by atoms with E-state index in [-0.39, 0.29) is 12.4 Å². The second kappa shape index (κ2) is 6.35. The minimum atomic E-state index is -0.450. The predicted octanol–water partition coefficient (Wildman–Crippen LogP) is 3.65. The number of esters is 1. The number of hydrogen-bond acceptors (Lipinski definition) is 3. The van der Waals surface area contributed by atoms with Crippen LogP contribution < -0.4 is 0 Å². The van der Waals surface area contributed by atoms with Crippen LogP contribution in [0.3, 0.4) is 0 Å². The Labute approximate surface area is 124 Å². The van der Waals surface area contributed by atoms with Gasteiger partial charge in [0.1, 0.15) is 0 Å². The average molecular weight is 282 g/mol. The molecule has 3 heteroatoms. The van der Waals surface area contributed by atoms with Crippen molar-refractivity contribution in [3.63, 3.8) is 0 Å². The second-order valence-corrected chi connectivity index (χ2v) is 5.14. The summed E-state index contributed by atoms with van der Waals surface area (Å²) in [7, 11) is 0. The highest BCUT2D eigenvalue weighted by Crippen LogP contribution is 2.17. The van der Waals surface area contributed by atoms with Gasteiger partial charge in [-0.25, -0.2) is 4.79 Å². The van der Waals surface area contributed by atoms with E-state index >= 15 is 0 Å². The number of benzene rings is 2. The quantitative estimate of drug-likeness (QED) is 0.635. The summed E-state index contributed by atoms with van der Waals surface area (Å²) in [6, 6.07) is 12.7. The normalized spacial score (nSPS) is 10.2. The number of ketones is 1. The van der Waals surface area contributed by atoms with Crippen LogP contribution in [0.25, 0.3) is 0 Å². The van der Waals surface area contributed by atoms with Gasteiger partial charge in [-0.05, 0) is 31.9 Å². The molecule has 2 rings (SSSR count). The molecular formula is C18H18O3. The Morgan fingerprint density at radius 1 is 0.952 bits per heavy atom. The number of rotatable bonds is 4. The molecule has 0 aliphatic rings. The summed E-state index contributed by atoms with van der Waals surface area (Å²) in [4.78, 5) is 24.1. The number of carbonyl (C=O) groups excluding carboxylic acids is 2. The summed E-state index contributed by atoms with van der Waals surface area (Å²) < 4.78 is 5.16. The zero-order valence-corrected chi connectivity index (χ0v) is 12.5. The van der Waals surface area contributed by atoms with E-state index in [1.54, 1.807) is 24.3 Å². The molecule has 0 saturated carbocycles. The van der Waals surface area contributed by atoms with E-state index in [9.17, 15) is 9.59 Å². The van der Waals surface area contributed by atoms with E-state index in [4.69, 9.17) is 4.74 Å². The fraction of sp³-hybridized carbons (Fsp3) is 0.222. The molecular weight excluding hydrogens is 264 g/mol. The maximum Gasteiger partial charge on any atom is 0.339 e. The molecule has 0 aromatic heterocycles. The molecule has 0 fully saturated rings. The van der Waals surface area contributed by atoms with Crippen molar-refractivity contribution < 1.29 is 14.3 Å². The fourth-order valence-corrected chi connectivity index (χ4v) is 2.41. The highest BCUT2D eigenvalue weighted by Gasteiger charge is 2.16. The summed E-state index contributed by atoms with van der Waals surface area (Å²) in [5, 5.41) is 0. The van der Waals surface area contributed by atoms with Crippen LogP contribution in [-0.2, 0) is 4.74 Å². The van der Waals surface area contributed by atoms with Crippen molar-refractivity contribution in [1.82, 2.24) is 0 Å². The van der Waals surface area contributed by atoms with Crippen molar-refractivity contribution in [3.05, 3.63) is 70.3 Å². The van der Waals surface area contributed by atoms with Gasteiger partial charge in [0.2, 0.25) is 0 Å². The Balaban J connectivity index is 2.08. The zero-order valence-electron chi connectivity index (χ0n) is 12.5. The maximum absolute atomic E-state index is 12.2. The van der Waals surface area contributed by atoms with Crippen molar-refractivity contribution in [2.45, 2.75) is 20.8 Å². The van der Waals surface area contributed by atoms with Crippen LogP contribution in [0.4, 0.5) is 0 Å². The first-order chi connectivity index (χ1) is 9.99. The van der Waals surface area contributed by atoms with Crippen molar-refractivity contribution in [2.24, 2.45) is 0 Å². The van der Waals surface area contributed by atoms with Crippen LogP contribution in [0.2, 0.25) is 0 Å². The molecule has 0 aliphatic heterocycles. The predicted molar refractivity (Wildman–Crippen MR) is 81.7 cm³/mol. The van der Waals surface area contributed by atoms with Gasteiger partial charge in [0, 0.05) is 5.56 Å². The molecule has 0 aliphatic carbocycles. The first-order valence-corrected chi connectivity index (χ1v) is 6.82. The molecule has 3 nitrogen and oxygen atoms in total. The standard InChI is InChI=1S/C18H18O3/c1-12-9-13(2)17(14(3)10-12)18(20)21-11-16(19)15-7-5-4-6-8-15/h4-10H,11H2,1-3H3. The average Bonchev–Trinajstić information content (AvgIpc) is 2.44. The van der Waals surface area contributed by atoms with E-state index in [0.29, 0.717) is 11.1 Å². The summed E-state index contributed by atoms with van der Waals surface area (Å²) in [5.74, 6) is -0.652. The lowest BCUT2D eigenvalue weighted by Crippen LogP contribution is -2.16. The first kappa shape index (κ1) is 15.0. The molecule has 108 valence electrons. The molecule has 0 saturated heterocycles. The number of hydrogen-bond donors (Lipinski definition) is 0. The summed E-state index contributed by atoms with van der Waals surface area (Å²) >= 11 is 0. The third-order valence-electron chi connectivity index (χ3n) is 3.31. The first-order valence-electron chi connectivity index (χ1n) is 6.82. The molecule has 0 radical (unpaired) electrons. The van der Waals surface area contributed by atoms with Gasteiger partial charge in [-0.3, -0.25) is 4.79 Å². The Kier molecular flexibility index (Phi) is 4.53. The summed E-state index contributed by atoms with van der Waals surface area (Å²) in [5.41, 5.74) is 3.92. The Morgan fingerprint density at radius 3 is 2.10 bits per heavy atom. The van der Waals surface area contributed by atoms with E-state index in [1.807, 2.05) is 39.0 Å². The molecule has 0 N–H and O–H groups in total. The fourth-order valence-electron chi connectivity index (χ4n) is 2.41. The zero-order chi connectivity index (χ0) is 15.4. The Bertz CT molecular complexity index is 649. The van der Waals surface area contributed by atoms with Gasteiger partial charge in [-0.1, -0.05) is 48.0 Å². The number of aryl methyl sites for hydroxylation is 3. The van der Waals surface area contributed by atoms with E-state index in [2.05, 4.69) is 0 Å². The van der Waals surface area contributed by atoms with Crippen molar-refractivity contribution >= 4 is 11.8 Å². The van der Waals surface area contributed by atoms with Crippen LogP contribution in [0.15, 0.2) is 42.5 Å². The van der Waals surface area contributed by atoms with E-state index in [0.717, 1.165) is 16.7 Å². The van der Waals surface area contributed by atoms with Crippen LogP contribution in [0.1, 0.15) is 37.4 Å². The van der Waals surface area contributed by atoms with Gasteiger partial charge in [0.25, 0.3) is 0 Å². The minimum absolute atomic E-state index is 0.202. The molecule has 2 aromatic carbocycles. The van der Waals surface area contributed by atoms with E-state index in [1.165, 1.54) is 0 Å². The summed E-state index contributed by atoms with van der Waals surface area (Å²) in [6.07, 6.45) is 0. The van der Waals surface area contributed by atoms with Gasteiger partial charge in [0.15, 0.2) is 12.4 Å². The van der Waals surface area contributed by atoms with Gasteiger partial charge >= 0.3 is 5.97 Å². The third-order valence-corrected chi connectivity index (χ3v) is 3.31. The largest absolute Gasteiger partial charge is 0.454 e. The topological polar surface area (TPSA) is 43.4 Å². The number of carbonyl (C=O) groups is 2. The van der Waals surface area contributed by atoms with Gasteiger partial charge in [-0.2, -0.15) is 0 Å². The highest BCUT2D eigenvalue weighted by molar-refractivity contribution is 6.00. The molecule has 21 heavy (non-hydrogen) atoms. The summed E-state index contributed by atoms with van der Waals surface area (Å²) in [6.45, 7) is 5.48. The van der Waals surface area contributed by atoms with Gasteiger partial charge in [-0.15, -0.1) is 0 Å². The Hall–Kier alpha value is -2.42. The van der Waals surface area contributed by atoms with Crippen molar-refractivity contribution in [2.75, 3.05) is 6.61 Å². The second-order valence-electron chi connectivity index (χ2n) is 5.14. The van der Waals surface area contributed by atoms with Crippen LogP contribution in [0, 0.1) is 20.8 Å². The minimum Gasteiger partial charge on any atom is -0.454 e. The van der Waals surface area contributed by atoms with Gasteiger partial charge in [0.05, 0.1) is 5.56 Å². The van der Waals surface area contributed by atoms with Crippen LogP contribution >= 0.6 is 0 Å². The highest BCUT2D eigenvalue weighted by atomic mass is 16.5. The molecule has 0 atom stereocenters. The molecule has 0 heterocycles. The van der Waals surface area contributed by atoms with E-state index < -0.39 is 5.97 Å². The smallest absolute Gasteiger partial charge is 0.339 e. The SMILES string of the molecule is Cc1cc(C)c(C(=O)OCC(=O)c2ccccc2)c(C)c1. The Morgan fingerprint density at radius 2 is 1.52 bits per heavy atom.